The highest BCUT2D eigenvalue weighted by Crippen LogP contribution is 2.42. The molecule has 0 aliphatic heterocycles. The lowest BCUT2D eigenvalue weighted by Gasteiger charge is -2.17. The van der Waals surface area contributed by atoms with Gasteiger partial charge in [-0.15, -0.1) is 0 Å². The minimum atomic E-state index is -4.23. The molecule has 0 amide bonds. The van der Waals surface area contributed by atoms with Crippen LogP contribution in [0.4, 0.5) is 13.2 Å². The first-order valence-corrected chi connectivity index (χ1v) is 3.28. The molecular formula is C3H3Br2F3. The molecule has 0 spiro atoms. The Bertz CT molecular complexity index is 67.5. The zero-order valence-corrected chi connectivity index (χ0v) is 7.06. The molecule has 0 fully saturated rings. The average Bonchev–Trinajstić information content (AvgIpc) is 1.25. The standard InChI is InChI=1S/C3H3Br2F3/c1-2(4,5)3(6,7)8/h1H3. The summed E-state index contributed by atoms with van der Waals surface area (Å²) in [7, 11) is 0. The second-order valence-corrected chi connectivity index (χ2v) is 5.62. The summed E-state index contributed by atoms with van der Waals surface area (Å²) in [5, 5.41) is 0. The predicted octanol–water partition coefficient (Wildman–Crippen LogP) is 3.05. The molecule has 0 aliphatic rings. The van der Waals surface area contributed by atoms with Crippen molar-refractivity contribution >= 4 is 31.9 Å². The molecule has 50 valence electrons. The third-order valence-electron chi connectivity index (χ3n) is 0.498. The zero-order chi connectivity index (χ0) is 7.00. The van der Waals surface area contributed by atoms with E-state index in [9.17, 15) is 13.2 Å². The summed E-state index contributed by atoms with van der Waals surface area (Å²) in [5.41, 5.74) is 0. The van der Waals surface area contributed by atoms with Crippen LogP contribution in [0.2, 0.25) is 0 Å². The monoisotopic (exact) mass is 254 g/mol. The molecule has 8 heavy (non-hydrogen) atoms. The van der Waals surface area contributed by atoms with Crippen molar-refractivity contribution in [2.45, 2.75) is 16.3 Å². The summed E-state index contributed by atoms with van der Waals surface area (Å²) < 4.78 is 32.5. The smallest absolute Gasteiger partial charge is 0.168 e. The predicted molar refractivity (Wildman–Crippen MR) is 32.3 cm³/mol. The molecule has 0 aromatic carbocycles. The third kappa shape index (κ3) is 2.35. The van der Waals surface area contributed by atoms with Crippen LogP contribution in [0.15, 0.2) is 0 Å². The van der Waals surface area contributed by atoms with E-state index in [0.717, 1.165) is 6.92 Å². The second kappa shape index (κ2) is 2.17. The Morgan fingerprint density at radius 3 is 1.25 bits per heavy atom. The minimum Gasteiger partial charge on any atom is -0.168 e. The molecular weight excluding hydrogens is 253 g/mol. The molecule has 0 nitrogen and oxygen atoms in total. The second-order valence-electron chi connectivity index (χ2n) is 1.39. The van der Waals surface area contributed by atoms with Crippen molar-refractivity contribution in [1.29, 1.82) is 0 Å². The number of hydrogen-bond donors (Lipinski definition) is 0. The first-order valence-electron chi connectivity index (χ1n) is 1.69. The van der Waals surface area contributed by atoms with Gasteiger partial charge in [-0.05, 0) is 6.92 Å². The summed E-state index contributed by atoms with van der Waals surface area (Å²) in [5.74, 6) is 0. The van der Waals surface area contributed by atoms with Crippen molar-refractivity contribution in [2.75, 3.05) is 0 Å². The van der Waals surface area contributed by atoms with Crippen LogP contribution in [0.3, 0.4) is 0 Å². The third-order valence-corrected chi connectivity index (χ3v) is 1.40. The van der Waals surface area contributed by atoms with Gasteiger partial charge < -0.3 is 0 Å². The van der Waals surface area contributed by atoms with E-state index in [4.69, 9.17) is 0 Å². The topological polar surface area (TPSA) is 0 Å². The van der Waals surface area contributed by atoms with Crippen LogP contribution in [0.5, 0.6) is 0 Å². The van der Waals surface area contributed by atoms with Gasteiger partial charge in [0.05, 0.1) is 0 Å². The highest BCUT2D eigenvalue weighted by atomic mass is 79.9. The van der Waals surface area contributed by atoms with Gasteiger partial charge in [0.25, 0.3) is 0 Å². The van der Waals surface area contributed by atoms with Gasteiger partial charge in [-0.1, -0.05) is 31.9 Å². The summed E-state index contributed by atoms with van der Waals surface area (Å²) in [4.78, 5) is 0. The molecule has 5 heteroatoms. The van der Waals surface area contributed by atoms with Crippen LogP contribution in [0, 0.1) is 0 Å². The fraction of sp³-hybridized carbons (Fsp3) is 1.00. The Morgan fingerprint density at radius 2 is 1.25 bits per heavy atom. The van der Waals surface area contributed by atoms with Gasteiger partial charge in [-0.2, -0.15) is 13.2 Å². The van der Waals surface area contributed by atoms with E-state index < -0.39 is 9.41 Å². The summed E-state index contributed by atoms with van der Waals surface area (Å²) >= 11 is 4.78. The molecule has 0 heterocycles. The Labute approximate surface area is 61.7 Å². The zero-order valence-electron chi connectivity index (χ0n) is 3.89. The van der Waals surface area contributed by atoms with E-state index in [-0.39, 0.29) is 0 Å². The number of rotatable bonds is 0. The van der Waals surface area contributed by atoms with Crippen molar-refractivity contribution in [3.8, 4) is 0 Å². The highest BCUT2D eigenvalue weighted by Gasteiger charge is 2.47. The maximum atomic E-state index is 11.5. The van der Waals surface area contributed by atoms with Gasteiger partial charge in [-0.3, -0.25) is 0 Å². The number of alkyl halides is 5. The molecule has 0 aromatic rings. The Kier molecular flexibility index (Phi) is 2.38. The van der Waals surface area contributed by atoms with Gasteiger partial charge in [0, 0.05) is 0 Å². The molecule has 0 unspecified atom stereocenters. The molecule has 0 aliphatic carbocycles. The first-order chi connectivity index (χ1) is 3.25. The Hall–Kier alpha value is 0.750. The molecule has 0 rings (SSSR count). The van der Waals surface area contributed by atoms with Crippen molar-refractivity contribution in [1.82, 2.24) is 0 Å². The van der Waals surface area contributed by atoms with E-state index in [2.05, 4.69) is 31.9 Å². The lowest BCUT2D eigenvalue weighted by molar-refractivity contribution is -0.130. The quantitative estimate of drug-likeness (QED) is 0.584. The molecule has 0 radical (unpaired) electrons. The average molecular weight is 256 g/mol. The van der Waals surface area contributed by atoms with Gasteiger partial charge in [-0.25, -0.2) is 0 Å². The SMILES string of the molecule is CC(Br)(Br)C(F)(F)F. The maximum Gasteiger partial charge on any atom is 0.413 e. The van der Waals surface area contributed by atoms with Crippen LogP contribution in [-0.2, 0) is 0 Å². The Morgan fingerprint density at radius 1 is 1.12 bits per heavy atom. The van der Waals surface area contributed by atoms with Crippen LogP contribution in [0.25, 0.3) is 0 Å². The molecule has 0 aromatic heterocycles. The van der Waals surface area contributed by atoms with Crippen LogP contribution < -0.4 is 0 Å². The van der Waals surface area contributed by atoms with E-state index in [1.54, 1.807) is 0 Å². The Balaban J connectivity index is 4.02. The molecule has 0 N–H and O–H groups in total. The van der Waals surface area contributed by atoms with Crippen molar-refractivity contribution in [2.24, 2.45) is 0 Å². The number of halogens is 5. The highest BCUT2D eigenvalue weighted by molar-refractivity contribution is 9.25. The van der Waals surface area contributed by atoms with Crippen molar-refractivity contribution in [3.63, 3.8) is 0 Å². The fourth-order valence-corrected chi connectivity index (χ4v) is 0. The van der Waals surface area contributed by atoms with E-state index >= 15 is 0 Å². The van der Waals surface area contributed by atoms with Crippen LogP contribution in [0.1, 0.15) is 6.92 Å². The van der Waals surface area contributed by atoms with E-state index in [1.807, 2.05) is 0 Å². The summed E-state index contributed by atoms with van der Waals surface area (Å²) in [6.45, 7) is 0.979. The van der Waals surface area contributed by atoms with Crippen LogP contribution in [-0.4, -0.2) is 9.41 Å². The largest absolute Gasteiger partial charge is 0.413 e. The fourth-order valence-electron chi connectivity index (χ4n) is 0. The van der Waals surface area contributed by atoms with E-state index in [0.29, 0.717) is 0 Å². The molecule has 0 atom stereocenters. The molecule has 0 saturated carbocycles. The first kappa shape index (κ1) is 8.75. The van der Waals surface area contributed by atoms with Gasteiger partial charge >= 0.3 is 6.18 Å². The van der Waals surface area contributed by atoms with Gasteiger partial charge in [0.2, 0.25) is 0 Å². The molecule has 0 saturated heterocycles. The van der Waals surface area contributed by atoms with E-state index in [1.165, 1.54) is 0 Å². The normalized spacial score (nSPS) is 14.2. The lowest BCUT2D eigenvalue weighted by atomic mass is 10.5. The summed E-state index contributed by atoms with van der Waals surface area (Å²) in [6, 6.07) is 0. The summed E-state index contributed by atoms with van der Waals surface area (Å²) in [6.07, 6.45) is -4.23. The lowest BCUT2D eigenvalue weighted by Crippen LogP contribution is -2.28. The van der Waals surface area contributed by atoms with Gasteiger partial charge in [0.1, 0.15) is 0 Å². The minimum absolute atomic E-state index is 0.979. The maximum absolute atomic E-state index is 11.5. The van der Waals surface area contributed by atoms with Crippen LogP contribution >= 0.6 is 31.9 Å². The number of hydrogen-bond acceptors (Lipinski definition) is 0. The van der Waals surface area contributed by atoms with Crippen molar-refractivity contribution in [3.05, 3.63) is 0 Å². The van der Waals surface area contributed by atoms with Crippen molar-refractivity contribution < 1.29 is 13.2 Å². The van der Waals surface area contributed by atoms with Gasteiger partial charge in [0.15, 0.2) is 3.23 Å². The molecule has 0 bridgehead atoms.